The highest BCUT2D eigenvalue weighted by Gasteiger charge is 2.34. The molecule has 0 spiro atoms. The summed E-state index contributed by atoms with van der Waals surface area (Å²) >= 11 is 1.24. The van der Waals surface area contributed by atoms with Crippen LogP contribution in [0.1, 0.15) is 15.9 Å². The summed E-state index contributed by atoms with van der Waals surface area (Å²) in [6.07, 6.45) is 0.841. The molecule has 1 heterocycles. The average molecular weight is 591 g/mol. The summed E-state index contributed by atoms with van der Waals surface area (Å²) in [7, 11) is 0. The van der Waals surface area contributed by atoms with Gasteiger partial charge < -0.3 is 15.3 Å². The van der Waals surface area contributed by atoms with Gasteiger partial charge in [-0.2, -0.15) is 0 Å². The number of hydrazine groups is 1. The van der Waals surface area contributed by atoms with E-state index >= 15 is 0 Å². The van der Waals surface area contributed by atoms with Crippen LogP contribution >= 0.6 is 11.8 Å². The number of nitrogens with one attached hydrogen (secondary N) is 3. The van der Waals surface area contributed by atoms with Crippen molar-refractivity contribution >= 4 is 52.1 Å². The molecule has 1 unspecified atom stereocenters. The molecule has 42 heavy (non-hydrogen) atoms. The fraction of sp³-hybridized carbons (Fsp3) is 0.143. The first-order chi connectivity index (χ1) is 20.3. The minimum absolute atomic E-state index is 0.00300. The third-order valence-corrected chi connectivity index (χ3v) is 6.67. The number of anilines is 1. The van der Waals surface area contributed by atoms with Crippen LogP contribution in [0.4, 0.5) is 11.4 Å². The van der Waals surface area contributed by atoms with E-state index in [0.717, 1.165) is 5.56 Å². The molecule has 1 aliphatic heterocycles. The van der Waals surface area contributed by atoms with Gasteiger partial charge in [0, 0.05) is 17.8 Å². The molecule has 4 N–H and O–H groups in total. The van der Waals surface area contributed by atoms with Crippen molar-refractivity contribution in [2.24, 2.45) is 4.99 Å². The minimum Gasteiger partial charge on any atom is -0.389 e. The van der Waals surface area contributed by atoms with E-state index in [0.29, 0.717) is 21.4 Å². The molecule has 14 heteroatoms. The maximum Gasteiger partial charge on any atom is 0.295 e. The summed E-state index contributed by atoms with van der Waals surface area (Å²) in [4.78, 5) is 57.5. The van der Waals surface area contributed by atoms with Crippen LogP contribution in [-0.4, -0.2) is 63.8 Å². The van der Waals surface area contributed by atoms with E-state index in [-0.39, 0.29) is 24.6 Å². The Hall–Kier alpha value is -5.21. The third kappa shape index (κ3) is 8.64. The molecular formula is C28H26N6O7S. The molecule has 3 aromatic rings. The topological polar surface area (TPSA) is 176 Å². The van der Waals surface area contributed by atoms with Crippen LogP contribution in [0, 0.1) is 10.1 Å². The van der Waals surface area contributed by atoms with Gasteiger partial charge in [-0.1, -0.05) is 48.5 Å². The van der Waals surface area contributed by atoms with Gasteiger partial charge in [-0.3, -0.25) is 30.1 Å². The highest BCUT2D eigenvalue weighted by atomic mass is 32.2. The first kappa shape index (κ1) is 29.8. The van der Waals surface area contributed by atoms with E-state index < -0.39 is 29.6 Å². The van der Waals surface area contributed by atoms with E-state index in [2.05, 4.69) is 20.6 Å². The van der Waals surface area contributed by atoms with Crippen molar-refractivity contribution in [1.82, 2.24) is 15.8 Å². The number of nitrogens with zero attached hydrogens (tertiary/aromatic N) is 3. The first-order valence-corrected chi connectivity index (χ1v) is 13.4. The lowest BCUT2D eigenvalue weighted by Gasteiger charge is -2.20. The van der Waals surface area contributed by atoms with Crippen LogP contribution in [0.3, 0.4) is 0 Å². The number of para-hydroxylation sites is 1. The molecule has 0 radical (unpaired) electrons. The van der Waals surface area contributed by atoms with Crippen LogP contribution in [0.2, 0.25) is 0 Å². The van der Waals surface area contributed by atoms with Gasteiger partial charge in [-0.05, 0) is 59.8 Å². The van der Waals surface area contributed by atoms with Crippen molar-refractivity contribution in [3.63, 3.8) is 0 Å². The molecule has 1 saturated heterocycles. The third-order valence-electron chi connectivity index (χ3n) is 5.67. The van der Waals surface area contributed by atoms with Crippen LogP contribution in [0.5, 0.6) is 0 Å². The number of amidine groups is 1. The zero-order chi connectivity index (χ0) is 29.9. The molecule has 0 saturated carbocycles. The summed E-state index contributed by atoms with van der Waals surface area (Å²) in [6, 6.07) is 24.9. The lowest BCUT2D eigenvalue weighted by atomic mass is 10.2. The monoisotopic (exact) mass is 590 g/mol. The van der Waals surface area contributed by atoms with Crippen molar-refractivity contribution < 1.29 is 29.4 Å². The van der Waals surface area contributed by atoms with Crippen molar-refractivity contribution in [3.8, 4) is 0 Å². The standard InChI is InChI=1S/C28H26N6O7S/c35-23(16-29-21-13-11-20(12-14-21)26(37)32-31-25(36)18-41-34(39)40)17-33-27(38)24(15-19-7-3-1-4-8-19)42-28(33)30-22-9-5-2-6-10-22/h1-15,23,29,35H,16-18H2,(H,31,36)(H,32,37)/b24-15+,30-28?. The smallest absolute Gasteiger partial charge is 0.295 e. The second-order valence-corrected chi connectivity index (χ2v) is 9.79. The Morgan fingerprint density at radius 1 is 1.02 bits per heavy atom. The van der Waals surface area contributed by atoms with E-state index in [4.69, 9.17) is 0 Å². The quantitative estimate of drug-likeness (QED) is 0.149. The molecular weight excluding hydrogens is 564 g/mol. The maximum absolute atomic E-state index is 13.3. The molecule has 1 atom stereocenters. The van der Waals surface area contributed by atoms with Gasteiger partial charge in [0.05, 0.1) is 23.2 Å². The average Bonchev–Trinajstić information content (AvgIpc) is 3.27. The number of amides is 3. The van der Waals surface area contributed by atoms with Crippen LogP contribution in [-0.2, 0) is 14.4 Å². The Kier molecular flexibility index (Phi) is 10.2. The van der Waals surface area contributed by atoms with Gasteiger partial charge in [-0.15, -0.1) is 10.1 Å². The minimum atomic E-state index is -1.12. The number of carbonyl (C=O) groups excluding carboxylic acids is 3. The summed E-state index contributed by atoms with van der Waals surface area (Å²) in [5.74, 6) is -1.81. The Bertz CT molecular complexity index is 1480. The number of hydrogen-bond donors (Lipinski definition) is 4. The van der Waals surface area contributed by atoms with Gasteiger partial charge >= 0.3 is 0 Å². The molecule has 0 aromatic heterocycles. The van der Waals surface area contributed by atoms with Crippen molar-refractivity contribution in [2.45, 2.75) is 6.10 Å². The number of aliphatic hydroxyl groups is 1. The number of hydrogen-bond acceptors (Lipinski definition) is 10. The van der Waals surface area contributed by atoms with Crippen LogP contribution in [0.25, 0.3) is 6.08 Å². The van der Waals surface area contributed by atoms with E-state index in [9.17, 15) is 29.6 Å². The molecule has 4 rings (SSSR count). The summed E-state index contributed by atoms with van der Waals surface area (Å²) in [5, 5.41) is 23.3. The van der Waals surface area contributed by atoms with E-state index in [1.807, 2.05) is 66.1 Å². The number of aliphatic imine (C=N–C) groups is 1. The molecule has 216 valence electrons. The van der Waals surface area contributed by atoms with Crippen molar-refractivity contribution in [2.75, 3.05) is 25.0 Å². The largest absolute Gasteiger partial charge is 0.389 e. The molecule has 13 nitrogen and oxygen atoms in total. The van der Waals surface area contributed by atoms with Gasteiger partial charge in [0.25, 0.3) is 22.8 Å². The second-order valence-electron chi connectivity index (χ2n) is 8.78. The van der Waals surface area contributed by atoms with Crippen molar-refractivity contribution in [1.29, 1.82) is 0 Å². The maximum atomic E-state index is 13.3. The van der Waals surface area contributed by atoms with E-state index in [1.165, 1.54) is 28.8 Å². The second kappa shape index (κ2) is 14.4. The number of benzene rings is 3. The molecule has 1 aliphatic rings. The first-order valence-electron chi connectivity index (χ1n) is 12.6. The molecule has 0 aliphatic carbocycles. The molecule has 1 fully saturated rings. The normalized spacial score (nSPS) is 15.4. The van der Waals surface area contributed by atoms with Crippen LogP contribution < -0.4 is 16.2 Å². The number of carbonyl (C=O) groups is 3. The zero-order valence-electron chi connectivity index (χ0n) is 22.0. The van der Waals surface area contributed by atoms with Gasteiger partial charge in [0.15, 0.2) is 11.8 Å². The molecule has 3 amide bonds. The highest BCUT2D eigenvalue weighted by molar-refractivity contribution is 8.18. The summed E-state index contributed by atoms with van der Waals surface area (Å²) in [5.41, 5.74) is 6.48. The number of thioether (sulfide) groups is 1. The lowest BCUT2D eigenvalue weighted by molar-refractivity contribution is -0.754. The lowest BCUT2D eigenvalue weighted by Crippen LogP contribution is -2.43. The highest BCUT2D eigenvalue weighted by Crippen LogP contribution is 2.34. The summed E-state index contributed by atoms with van der Waals surface area (Å²) in [6.45, 7) is -0.760. The number of rotatable bonds is 11. The summed E-state index contributed by atoms with van der Waals surface area (Å²) < 4.78 is 0. The van der Waals surface area contributed by atoms with Gasteiger partial charge in [-0.25, -0.2) is 4.99 Å². The van der Waals surface area contributed by atoms with Gasteiger partial charge in [0.1, 0.15) is 0 Å². The Labute approximate surface area is 244 Å². The number of β-amino-alcohol motifs (C(OH)–C–C–N with tert-alkyl or cyclic N) is 1. The van der Waals surface area contributed by atoms with E-state index in [1.54, 1.807) is 18.2 Å². The van der Waals surface area contributed by atoms with Crippen molar-refractivity contribution in [3.05, 3.63) is 111 Å². The van der Waals surface area contributed by atoms with Crippen LogP contribution in [0.15, 0.2) is 94.8 Å². The SMILES string of the molecule is O=C(CO[N+](=O)[O-])NNC(=O)c1ccc(NCC(O)CN2C(=O)/C(=C\c3ccccc3)SC2=Nc2ccccc2)cc1. The Morgan fingerprint density at radius 2 is 1.69 bits per heavy atom. The number of aliphatic hydroxyl groups excluding tert-OH is 1. The van der Waals surface area contributed by atoms with Gasteiger partial charge in [0.2, 0.25) is 0 Å². The fourth-order valence-electron chi connectivity index (χ4n) is 3.66. The molecule has 3 aromatic carbocycles. The predicted molar refractivity (Wildman–Crippen MR) is 157 cm³/mol. The zero-order valence-corrected chi connectivity index (χ0v) is 22.8. The fourth-order valence-corrected chi connectivity index (χ4v) is 4.67. The predicted octanol–water partition coefficient (Wildman–Crippen LogP) is 2.73. The Morgan fingerprint density at radius 3 is 2.36 bits per heavy atom. The Balaban J connectivity index is 1.35. The molecule has 0 bridgehead atoms.